The lowest BCUT2D eigenvalue weighted by molar-refractivity contribution is 0.0699. The van der Waals surface area contributed by atoms with E-state index in [1.165, 1.54) is 4.68 Å². The predicted octanol–water partition coefficient (Wildman–Crippen LogP) is 4.41. The fourth-order valence-corrected chi connectivity index (χ4v) is 3.62. The molecule has 0 saturated heterocycles. The van der Waals surface area contributed by atoms with E-state index in [2.05, 4.69) is 5.10 Å². The lowest BCUT2D eigenvalue weighted by Gasteiger charge is -2.21. The SMILES string of the molecule is O=C(c1nn(-c2ccccc2)c(=O)c2ccccc12)N(Cc1ccco1)Cc1ccco1. The Bertz CT molecular complexity index is 1370. The van der Waals surface area contributed by atoms with Gasteiger partial charge in [0.05, 0.1) is 36.7 Å². The molecule has 0 bridgehead atoms. The standard InChI is InChI=1S/C25H19N3O4/c29-24-22-13-5-4-12-21(22)23(26-28(24)18-8-2-1-3-9-18)25(30)27(16-19-10-6-14-31-19)17-20-11-7-15-32-20/h1-15H,16-17H2. The van der Waals surface area contributed by atoms with Crippen LogP contribution in [0.15, 0.2) is 105 Å². The molecule has 0 N–H and O–H groups in total. The molecule has 0 aliphatic rings. The predicted molar refractivity (Wildman–Crippen MR) is 118 cm³/mol. The molecule has 0 fully saturated rings. The van der Waals surface area contributed by atoms with E-state index in [9.17, 15) is 9.59 Å². The molecule has 3 heterocycles. The Hall–Kier alpha value is -4.39. The number of amides is 1. The van der Waals surface area contributed by atoms with Gasteiger partial charge in [0.2, 0.25) is 0 Å². The molecule has 0 saturated carbocycles. The molecule has 5 rings (SSSR count). The highest BCUT2D eigenvalue weighted by Crippen LogP contribution is 2.20. The van der Waals surface area contributed by atoms with Crippen molar-refractivity contribution in [3.63, 3.8) is 0 Å². The van der Waals surface area contributed by atoms with Gasteiger partial charge in [0.25, 0.3) is 11.5 Å². The van der Waals surface area contributed by atoms with Crippen LogP contribution in [0.4, 0.5) is 0 Å². The summed E-state index contributed by atoms with van der Waals surface area (Å²) >= 11 is 0. The van der Waals surface area contributed by atoms with Crippen molar-refractivity contribution in [2.75, 3.05) is 0 Å². The van der Waals surface area contributed by atoms with Crippen LogP contribution < -0.4 is 5.56 Å². The molecule has 158 valence electrons. The summed E-state index contributed by atoms with van der Waals surface area (Å²) < 4.78 is 12.2. The fraction of sp³-hybridized carbons (Fsp3) is 0.0800. The third-order valence-corrected chi connectivity index (χ3v) is 5.15. The number of rotatable bonds is 6. The average Bonchev–Trinajstić information content (AvgIpc) is 3.54. The first kappa shape index (κ1) is 19.6. The van der Waals surface area contributed by atoms with Gasteiger partial charge in [0.15, 0.2) is 5.69 Å². The van der Waals surface area contributed by atoms with Crippen molar-refractivity contribution in [1.29, 1.82) is 0 Å². The molecule has 32 heavy (non-hydrogen) atoms. The molecule has 5 aromatic rings. The number of benzene rings is 2. The Morgan fingerprint density at radius 2 is 1.38 bits per heavy atom. The number of fused-ring (bicyclic) bond motifs is 1. The Labute approximate surface area is 183 Å². The van der Waals surface area contributed by atoms with Crippen LogP contribution in [0.3, 0.4) is 0 Å². The van der Waals surface area contributed by atoms with Crippen LogP contribution in [0.25, 0.3) is 16.5 Å². The summed E-state index contributed by atoms with van der Waals surface area (Å²) in [5.74, 6) is 0.926. The summed E-state index contributed by atoms with van der Waals surface area (Å²) in [6.45, 7) is 0.458. The lowest BCUT2D eigenvalue weighted by atomic mass is 10.1. The molecule has 3 aromatic heterocycles. The van der Waals surface area contributed by atoms with Crippen LogP contribution >= 0.6 is 0 Å². The summed E-state index contributed by atoms with van der Waals surface area (Å²) in [6, 6.07) is 23.2. The minimum Gasteiger partial charge on any atom is -0.467 e. The van der Waals surface area contributed by atoms with Crippen molar-refractivity contribution in [1.82, 2.24) is 14.7 Å². The molecule has 7 heteroatoms. The number of nitrogens with zero attached hydrogens (tertiary/aromatic N) is 3. The van der Waals surface area contributed by atoms with Gasteiger partial charge in [-0.25, -0.2) is 0 Å². The van der Waals surface area contributed by atoms with Crippen molar-refractivity contribution < 1.29 is 13.6 Å². The van der Waals surface area contributed by atoms with Crippen molar-refractivity contribution in [3.05, 3.63) is 119 Å². The third-order valence-electron chi connectivity index (χ3n) is 5.15. The zero-order valence-corrected chi connectivity index (χ0v) is 17.0. The second kappa shape index (κ2) is 8.39. The number of hydrogen-bond donors (Lipinski definition) is 0. The van der Waals surface area contributed by atoms with Crippen LogP contribution in [0.2, 0.25) is 0 Å². The van der Waals surface area contributed by atoms with E-state index in [4.69, 9.17) is 8.83 Å². The number of hydrogen-bond acceptors (Lipinski definition) is 5. The number of furan rings is 2. The molecule has 7 nitrogen and oxygen atoms in total. The zero-order chi connectivity index (χ0) is 21.9. The van der Waals surface area contributed by atoms with Crippen molar-refractivity contribution in [3.8, 4) is 5.69 Å². The zero-order valence-electron chi connectivity index (χ0n) is 17.0. The minimum absolute atomic E-state index is 0.183. The van der Waals surface area contributed by atoms with E-state index in [0.717, 1.165) is 0 Å². The Balaban J connectivity index is 1.64. The maximum atomic E-state index is 13.8. The largest absolute Gasteiger partial charge is 0.467 e. The number of para-hydroxylation sites is 1. The normalized spacial score (nSPS) is 11.0. The van der Waals surface area contributed by atoms with Gasteiger partial charge in [0, 0.05) is 5.39 Å². The molecule has 0 unspecified atom stereocenters. The van der Waals surface area contributed by atoms with Gasteiger partial charge in [-0.2, -0.15) is 9.78 Å². The fourth-order valence-electron chi connectivity index (χ4n) is 3.62. The molecule has 1 amide bonds. The van der Waals surface area contributed by atoms with Gasteiger partial charge < -0.3 is 13.7 Å². The van der Waals surface area contributed by atoms with E-state index in [1.54, 1.807) is 78.1 Å². The van der Waals surface area contributed by atoms with E-state index in [-0.39, 0.29) is 30.2 Å². The summed E-state index contributed by atoms with van der Waals surface area (Å²) in [6.07, 6.45) is 3.13. The van der Waals surface area contributed by atoms with Crippen molar-refractivity contribution in [2.45, 2.75) is 13.1 Å². The van der Waals surface area contributed by atoms with E-state index in [1.807, 2.05) is 18.2 Å². The number of carbonyl (C=O) groups excluding carboxylic acids is 1. The van der Waals surface area contributed by atoms with Gasteiger partial charge >= 0.3 is 0 Å². The molecule has 0 atom stereocenters. The van der Waals surface area contributed by atoms with E-state index in [0.29, 0.717) is 28.0 Å². The highest BCUT2D eigenvalue weighted by molar-refractivity contribution is 6.04. The van der Waals surface area contributed by atoms with Crippen LogP contribution in [-0.4, -0.2) is 20.6 Å². The van der Waals surface area contributed by atoms with Crippen molar-refractivity contribution in [2.24, 2.45) is 0 Å². The van der Waals surface area contributed by atoms with Gasteiger partial charge in [-0.15, -0.1) is 0 Å². The van der Waals surface area contributed by atoms with Gasteiger partial charge in [-0.1, -0.05) is 36.4 Å². The summed E-state index contributed by atoms with van der Waals surface area (Å²) in [7, 11) is 0. The lowest BCUT2D eigenvalue weighted by Crippen LogP contribution is -2.33. The maximum absolute atomic E-state index is 13.8. The van der Waals surface area contributed by atoms with Gasteiger partial charge in [-0.3, -0.25) is 9.59 Å². The highest BCUT2D eigenvalue weighted by atomic mass is 16.3. The quantitative estimate of drug-likeness (QED) is 0.402. The maximum Gasteiger partial charge on any atom is 0.279 e. The summed E-state index contributed by atoms with van der Waals surface area (Å²) in [4.78, 5) is 28.5. The topological polar surface area (TPSA) is 81.5 Å². The first-order valence-electron chi connectivity index (χ1n) is 10.1. The second-order valence-electron chi connectivity index (χ2n) is 7.27. The molecule has 0 radical (unpaired) electrons. The first-order chi connectivity index (χ1) is 15.7. The van der Waals surface area contributed by atoms with E-state index >= 15 is 0 Å². The molecular formula is C25H19N3O4. The third kappa shape index (κ3) is 3.72. The number of carbonyl (C=O) groups is 1. The molecule has 2 aromatic carbocycles. The van der Waals surface area contributed by atoms with Crippen molar-refractivity contribution >= 4 is 16.7 Å². The Morgan fingerprint density at radius 3 is 1.97 bits per heavy atom. The monoisotopic (exact) mass is 425 g/mol. The molecular weight excluding hydrogens is 406 g/mol. The van der Waals surface area contributed by atoms with Crippen LogP contribution in [0, 0.1) is 0 Å². The highest BCUT2D eigenvalue weighted by Gasteiger charge is 2.24. The first-order valence-corrected chi connectivity index (χ1v) is 10.1. The Kier molecular flexibility index (Phi) is 5.13. The second-order valence-corrected chi connectivity index (χ2v) is 7.27. The summed E-state index contributed by atoms with van der Waals surface area (Å²) in [5, 5.41) is 5.42. The molecule has 0 aliphatic heterocycles. The van der Waals surface area contributed by atoms with E-state index < -0.39 is 0 Å². The molecule has 0 spiro atoms. The molecule has 0 aliphatic carbocycles. The van der Waals surface area contributed by atoms with Crippen LogP contribution in [0.1, 0.15) is 22.0 Å². The van der Waals surface area contributed by atoms with Gasteiger partial charge in [-0.05, 0) is 42.5 Å². The van der Waals surface area contributed by atoms with Crippen LogP contribution in [-0.2, 0) is 13.1 Å². The van der Waals surface area contributed by atoms with Gasteiger partial charge in [0.1, 0.15) is 11.5 Å². The average molecular weight is 425 g/mol. The summed E-state index contributed by atoms with van der Waals surface area (Å²) in [5.41, 5.74) is 0.482. The Morgan fingerprint density at radius 1 is 0.781 bits per heavy atom. The minimum atomic E-state index is -0.335. The van der Waals surface area contributed by atoms with Crippen LogP contribution in [0.5, 0.6) is 0 Å². The smallest absolute Gasteiger partial charge is 0.279 e. The number of aromatic nitrogens is 2.